The van der Waals surface area contributed by atoms with Crippen LogP contribution in [0.25, 0.3) is 28.0 Å². The highest BCUT2D eigenvalue weighted by Crippen LogP contribution is 2.48. The second-order valence-corrected chi connectivity index (χ2v) is 11.4. The number of nitrogens with two attached hydrogens (primary N) is 1. The molecule has 0 atom stereocenters. The lowest BCUT2D eigenvalue weighted by atomic mass is 9.68. The van der Waals surface area contributed by atoms with Crippen LogP contribution < -0.4 is 5.73 Å². The van der Waals surface area contributed by atoms with Gasteiger partial charge in [-0.15, -0.1) is 0 Å². The SMILES string of the molecule is Cn1c(C2=CCC3(CC2)CCN(C(=O)OC(C)(C)C)CC3)c(-c2ncc(C(F)(F)F)cn2)c2c(N)ncnc21. The van der Waals surface area contributed by atoms with Gasteiger partial charge in [-0.05, 0) is 63.9 Å². The molecule has 39 heavy (non-hydrogen) atoms. The third kappa shape index (κ3) is 5.16. The molecule has 5 rings (SSSR count). The van der Waals surface area contributed by atoms with Crippen LogP contribution in [0, 0.1) is 5.41 Å². The van der Waals surface area contributed by atoms with Crippen molar-refractivity contribution >= 4 is 28.5 Å². The molecule has 1 spiro atoms. The second kappa shape index (κ2) is 9.49. The lowest BCUT2D eigenvalue weighted by Crippen LogP contribution is -2.45. The normalized spacial score (nSPS) is 17.9. The molecule has 4 heterocycles. The van der Waals surface area contributed by atoms with Gasteiger partial charge in [-0.25, -0.2) is 24.7 Å². The van der Waals surface area contributed by atoms with Gasteiger partial charge in [-0.1, -0.05) is 6.08 Å². The molecule has 2 aliphatic rings. The Morgan fingerprint density at radius 3 is 2.28 bits per heavy atom. The third-order valence-corrected chi connectivity index (χ3v) is 7.69. The second-order valence-electron chi connectivity index (χ2n) is 11.4. The molecule has 0 saturated carbocycles. The number of allylic oxidation sites excluding steroid dienone is 2. The number of aromatic nitrogens is 5. The Morgan fingerprint density at radius 1 is 1.05 bits per heavy atom. The summed E-state index contributed by atoms with van der Waals surface area (Å²) in [4.78, 5) is 31.0. The van der Waals surface area contributed by atoms with E-state index in [2.05, 4.69) is 26.0 Å². The lowest BCUT2D eigenvalue weighted by molar-refractivity contribution is -0.138. The maximum absolute atomic E-state index is 13.2. The monoisotopic (exact) mass is 543 g/mol. The first-order chi connectivity index (χ1) is 18.3. The minimum atomic E-state index is -4.54. The van der Waals surface area contributed by atoms with Crippen molar-refractivity contribution in [3.63, 3.8) is 0 Å². The molecule has 9 nitrogen and oxygen atoms in total. The fourth-order valence-corrected chi connectivity index (χ4v) is 5.58. The van der Waals surface area contributed by atoms with Gasteiger partial charge >= 0.3 is 12.3 Å². The standard InChI is InChI=1S/C27H32F3N7O2/c1-25(2,3)39-24(38)37-11-9-26(10-12-37)7-5-16(6-8-26)20-18(19-21(31)34-15-35-23(19)36(20)4)22-32-13-17(14-33-22)27(28,29)30/h5,13-15H,6-12H2,1-4H3,(H2,31,34,35). The first-order valence-electron chi connectivity index (χ1n) is 12.9. The molecule has 0 radical (unpaired) electrons. The van der Waals surface area contributed by atoms with E-state index in [4.69, 9.17) is 10.5 Å². The van der Waals surface area contributed by atoms with E-state index in [1.165, 1.54) is 6.33 Å². The van der Waals surface area contributed by atoms with Gasteiger partial charge in [-0.3, -0.25) is 0 Å². The summed E-state index contributed by atoms with van der Waals surface area (Å²) in [6.45, 7) is 6.87. The smallest absolute Gasteiger partial charge is 0.419 e. The summed E-state index contributed by atoms with van der Waals surface area (Å²) in [5.41, 5.74) is 7.75. The number of aryl methyl sites for hydroxylation is 1. The van der Waals surface area contributed by atoms with Gasteiger partial charge < -0.3 is 19.9 Å². The Hall–Kier alpha value is -3.70. The number of amides is 1. The minimum absolute atomic E-state index is 0.0798. The van der Waals surface area contributed by atoms with E-state index < -0.39 is 17.3 Å². The van der Waals surface area contributed by atoms with E-state index in [1.807, 2.05) is 32.4 Å². The van der Waals surface area contributed by atoms with Crippen molar-refractivity contribution < 1.29 is 22.7 Å². The molecular weight excluding hydrogens is 511 g/mol. The average Bonchev–Trinajstić information content (AvgIpc) is 3.17. The molecule has 0 bridgehead atoms. The molecule has 1 saturated heterocycles. The molecule has 3 aromatic rings. The van der Waals surface area contributed by atoms with E-state index in [0.717, 1.165) is 55.8 Å². The summed E-state index contributed by atoms with van der Waals surface area (Å²) >= 11 is 0. The van der Waals surface area contributed by atoms with E-state index in [1.54, 1.807) is 4.90 Å². The highest BCUT2D eigenvalue weighted by molar-refractivity contribution is 6.04. The van der Waals surface area contributed by atoms with E-state index >= 15 is 0 Å². The van der Waals surface area contributed by atoms with E-state index in [0.29, 0.717) is 29.7 Å². The third-order valence-electron chi connectivity index (χ3n) is 7.69. The number of hydrogen-bond donors (Lipinski definition) is 1. The largest absolute Gasteiger partial charge is 0.444 e. The van der Waals surface area contributed by atoms with Crippen molar-refractivity contribution in [3.05, 3.63) is 36.1 Å². The number of ether oxygens (including phenoxy) is 1. The Kier molecular flexibility index (Phi) is 6.54. The Labute approximate surface area is 224 Å². The summed E-state index contributed by atoms with van der Waals surface area (Å²) < 4.78 is 46.9. The van der Waals surface area contributed by atoms with Gasteiger partial charge in [0.05, 0.1) is 22.2 Å². The number of nitrogens with zero attached hydrogens (tertiary/aromatic N) is 6. The van der Waals surface area contributed by atoms with Crippen molar-refractivity contribution in [2.45, 2.75) is 64.7 Å². The van der Waals surface area contributed by atoms with Crippen LogP contribution in [0.15, 0.2) is 24.8 Å². The highest BCUT2D eigenvalue weighted by atomic mass is 19.4. The summed E-state index contributed by atoms with van der Waals surface area (Å²) in [5.74, 6) is 0.347. The van der Waals surface area contributed by atoms with Crippen LogP contribution in [0.5, 0.6) is 0 Å². The number of piperidine rings is 1. The lowest BCUT2D eigenvalue weighted by Gasteiger charge is -2.43. The summed E-state index contributed by atoms with van der Waals surface area (Å²) in [6, 6.07) is 0. The number of anilines is 1. The Morgan fingerprint density at radius 2 is 1.72 bits per heavy atom. The molecule has 1 aliphatic heterocycles. The number of carbonyl (C=O) groups excluding carboxylic acids is 1. The predicted molar refractivity (Wildman–Crippen MR) is 140 cm³/mol. The number of carbonyl (C=O) groups is 1. The zero-order valence-electron chi connectivity index (χ0n) is 22.5. The number of nitrogen functional groups attached to an aromatic ring is 1. The summed E-state index contributed by atoms with van der Waals surface area (Å²) in [6.07, 6.45) is 4.54. The molecule has 208 valence electrons. The van der Waals surface area contributed by atoms with Crippen molar-refractivity contribution in [3.8, 4) is 11.4 Å². The van der Waals surface area contributed by atoms with Crippen molar-refractivity contribution in [2.24, 2.45) is 12.5 Å². The highest BCUT2D eigenvalue weighted by Gasteiger charge is 2.39. The number of halogens is 3. The topological polar surface area (TPSA) is 112 Å². The van der Waals surface area contributed by atoms with Crippen molar-refractivity contribution in [1.29, 1.82) is 0 Å². The van der Waals surface area contributed by atoms with Crippen LogP contribution in [-0.2, 0) is 18.0 Å². The number of likely N-dealkylation sites (tertiary alicyclic amines) is 1. The zero-order chi connectivity index (χ0) is 28.2. The fourth-order valence-electron chi connectivity index (χ4n) is 5.58. The number of rotatable bonds is 2. The van der Waals surface area contributed by atoms with Gasteiger partial charge in [0.1, 0.15) is 23.4 Å². The van der Waals surface area contributed by atoms with E-state index in [9.17, 15) is 18.0 Å². The van der Waals surface area contributed by atoms with Gasteiger partial charge in [0, 0.05) is 32.5 Å². The maximum atomic E-state index is 13.2. The van der Waals surface area contributed by atoms with Gasteiger partial charge in [0.2, 0.25) is 0 Å². The molecule has 1 aliphatic carbocycles. The molecule has 3 aromatic heterocycles. The fraction of sp³-hybridized carbons (Fsp3) is 0.519. The number of alkyl halides is 3. The number of hydrogen-bond acceptors (Lipinski definition) is 7. The molecule has 12 heteroatoms. The van der Waals surface area contributed by atoms with Crippen LogP contribution in [0.3, 0.4) is 0 Å². The first kappa shape index (κ1) is 26.9. The van der Waals surface area contributed by atoms with Gasteiger partial charge in [0.15, 0.2) is 5.82 Å². The maximum Gasteiger partial charge on any atom is 0.419 e. The Balaban J connectivity index is 1.45. The van der Waals surface area contributed by atoms with E-state index in [-0.39, 0.29) is 23.2 Å². The number of fused-ring (bicyclic) bond motifs is 1. The molecule has 0 unspecified atom stereocenters. The average molecular weight is 544 g/mol. The van der Waals surface area contributed by atoms with Crippen LogP contribution in [0.1, 0.15) is 64.1 Å². The molecular formula is C27H32F3N7O2. The predicted octanol–water partition coefficient (Wildman–Crippen LogP) is 5.61. The minimum Gasteiger partial charge on any atom is -0.444 e. The zero-order valence-corrected chi connectivity index (χ0v) is 22.5. The van der Waals surface area contributed by atoms with Crippen LogP contribution in [0.4, 0.5) is 23.8 Å². The van der Waals surface area contributed by atoms with Gasteiger partial charge in [0.25, 0.3) is 0 Å². The van der Waals surface area contributed by atoms with Crippen LogP contribution in [0.2, 0.25) is 0 Å². The molecule has 2 N–H and O–H groups in total. The first-order valence-corrected chi connectivity index (χ1v) is 12.9. The summed E-state index contributed by atoms with van der Waals surface area (Å²) in [5, 5.41) is 0.515. The molecule has 0 aromatic carbocycles. The molecule has 1 amide bonds. The Bertz CT molecular complexity index is 1430. The van der Waals surface area contributed by atoms with Crippen molar-refractivity contribution in [2.75, 3.05) is 18.8 Å². The van der Waals surface area contributed by atoms with Crippen LogP contribution >= 0.6 is 0 Å². The van der Waals surface area contributed by atoms with Crippen molar-refractivity contribution in [1.82, 2.24) is 29.4 Å². The van der Waals surface area contributed by atoms with Crippen LogP contribution in [-0.4, -0.2) is 54.2 Å². The quantitative estimate of drug-likeness (QED) is 0.447. The molecule has 1 fully saturated rings. The van der Waals surface area contributed by atoms with Gasteiger partial charge in [-0.2, -0.15) is 13.2 Å². The summed E-state index contributed by atoms with van der Waals surface area (Å²) in [7, 11) is 1.85.